The van der Waals surface area contributed by atoms with E-state index in [1.807, 2.05) is 36.4 Å². The molecule has 2 aliphatic heterocycles. The first kappa shape index (κ1) is 25.1. The third-order valence-electron chi connectivity index (χ3n) is 7.37. The Morgan fingerprint density at radius 2 is 1.90 bits per heavy atom. The SMILES string of the molecule is C=C(c1ccc(NC(=O)c2n[nH]c3ccc(-c4cncc(CN5CCC(F)(F)C5)c4)cc23)cn1)N1CCCC1. The number of alkyl halides is 2. The molecular weight excluding hydrogens is 500 g/mol. The van der Waals surface area contributed by atoms with Gasteiger partial charge in [-0.05, 0) is 54.3 Å². The number of fused-ring (bicyclic) bond motifs is 1. The molecular formula is C29H29F2N7O. The first-order chi connectivity index (χ1) is 18.8. The Hall–Kier alpha value is -4.18. The largest absolute Gasteiger partial charge is 0.370 e. The molecule has 0 saturated carbocycles. The van der Waals surface area contributed by atoms with Crippen LogP contribution in [0, 0.1) is 0 Å². The number of carbonyl (C=O) groups excluding carboxylic acids is 1. The summed E-state index contributed by atoms with van der Waals surface area (Å²) in [5.41, 5.74) is 5.79. The number of likely N-dealkylation sites (tertiary alicyclic amines) is 2. The summed E-state index contributed by atoms with van der Waals surface area (Å²) in [5.74, 6) is -2.98. The summed E-state index contributed by atoms with van der Waals surface area (Å²) in [6, 6.07) is 11.3. The standard InChI is InChI=1S/C29H29F2N7O/c1-19(38-9-2-3-10-38)25-7-5-23(16-33-25)34-28(39)27-24-13-21(4-6-26(24)35-36-27)22-12-20(14-32-15-22)17-37-11-8-29(30,31)18-37/h4-7,12-16H,1-3,8-11,17-18H2,(H,34,39)(H,35,36). The van der Waals surface area contributed by atoms with Gasteiger partial charge in [0.1, 0.15) is 0 Å². The van der Waals surface area contributed by atoms with Crippen molar-refractivity contribution in [3.05, 3.63) is 78.5 Å². The molecule has 6 rings (SSSR count). The van der Waals surface area contributed by atoms with Crippen molar-refractivity contribution >= 4 is 28.2 Å². The molecule has 200 valence electrons. The highest BCUT2D eigenvalue weighted by Gasteiger charge is 2.37. The van der Waals surface area contributed by atoms with E-state index in [-0.39, 0.29) is 24.6 Å². The van der Waals surface area contributed by atoms with Gasteiger partial charge in [0.05, 0.1) is 35.3 Å². The normalized spacial score (nSPS) is 17.1. The number of nitrogens with zero attached hydrogens (tertiary/aromatic N) is 5. The van der Waals surface area contributed by atoms with Crippen molar-refractivity contribution < 1.29 is 13.6 Å². The Balaban J connectivity index is 1.18. The van der Waals surface area contributed by atoms with Crippen molar-refractivity contribution in [1.82, 2.24) is 30.0 Å². The Kier molecular flexibility index (Phi) is 6.56. The molecule has 0 spiro atoms. The Bertz CT molecular complexity index is 1530. The van der Waals surface area contributed by atoms with E-state index < -0.39 is 5.92 Å². The zero-order chi connectivity index (χ0) is 27.0. The molecule has 3 aromatic heterocycles. The number of hydrogen-bond acceptors (Lipinski definition) is 6. The van der Waals surface area contributed by atoms with Crippen LogP contribution in [0.25, 0.3) is 27.7 Å². The molecule has 0 radical (unpaired) electrons. The van der Waals surface area contributed by atoms with E-state index in [9.17, 15) is 13.6 Å². The van der Waals surface area contributed by atoms with E-state index in [0.29, 0.717) is 24.2 Å². The summed E-state index contributed by atoms with van der Waals surface area (Å²) in [4.78, 5) is 25.9. The van der Waals surface area contributed by atoms with E-state index in [1.54, 1.807) is 23.5 Å². The summed E-state index contributed by atoms with van der Waals surface area (Å²) in [6.45, 7) is 6.69. The van der Waals surface area contributed by atoms with Gasteiger partial charge in [0.25, 0.3) is 11.8 Å². The van der Waals surface area contributed by atoms with Crippen LogP contribution in [-0.2, 0) is 6.54 Å². The number of anilines is 1. The molecule has 4 aromatic rings. The summed E-state index contributed by atoms with van der Waals surface area (Å²) in [5, 5.41) is 10.7. The maximum Gasteiger partial charge on any atom is 0.276 e. The van der Waals surface area contributed by atoms with Gasteiger partial charge < -0.3 is 10.2 Å². The zero-order valence-electron chi connectivity index (χ0n) is 21.5. The molecule has 39 heavy (non-hydrogen) atoms. The van der Waals surface area contributed by atoms with Crippen molar-refractivity contribution in [2.75, 3.05) is 31.5 Å². The van der Waals surface area contributed by atoms with Crippen molar-refractivity contribution in [3.63, 3.8) is 0 Å². The van der Waals surface area contributed by atoms with E-state index >= 15 is 0 Å². The molecule has 0 unspecified atom stereocenters. The fourth-order valence-corrected chi connectivity index (χ4v) is 5.28. The van der Waals surface area contributed by atoms with Crippen LogP contribution in [0.2, 0.25) is 0 Å². The average molecular weight is 530 g/mol. The fraction of sp³-hybridized carbons (Fsp3) is 0.310. The van der Waals surface area contributed by atoms with Crippen LogP contribution in [-0.4, -0.2) is 68.0 Å². The molecule has 10 heteroatoms. The van der Waals surface area contributed by atoms with Gasteiger partial charge >= 0.3 is 0 Å². The van der Waals surface area contributed by atoms with Gasteiger partial charge in [-0.2, -0.15) is 5.10 Å². The quantitative estimate of drug-likeness (QED) is 0.343. The molecule has 8 nitrogen and oxygen atoms in total. The summed E-state index contributed by atoms with van der Waals surface area (Å²) >= 11 is 0. The highest BCUT2D eigenvalue weighted by molar-refractivity contribution is 6.11. The van der Waals surface area contributed by atoms with Gasteiger partial charge in [-0.1, -0.05) is 12.6 Å². The minimum absolute atomic E-state index is 0.115. The van der Waals surface area contributed by atoms with Crippen LogP contribution >= 0.6 is 0 Å². The molecule has 2 N–H and O–H groups in total. The highest BCUT2D eigenvalue weighted by atomic mass is 19.3. The van der Waals surface area contributed by atoms with E-state index in [1.165, 1.54) is 0 Å². The van der Waals surface area contributed by atoms with Gasteiger partial charge in [0.15, 0.2) is 5.69 Å². The molecule has 0 bridgehead atoms. The Morgan fingerprint density at radius 1 is 1.05 bits per heavy atom. The average Bonchev–Trinajstić information content (AvgIpc) is 3.69. The van der Waals surface area contributed by atoms with Crippen LogP contribution in [0.5, 0.6) is 0 Å². The van der Waals surface area contributed by atoms with E-state index in [2.05, 4.69) is 37.0 Å². The number of halogens is 2. The summed E-state index contributed by atoms with van der Waals surface area (Å²) in [7, 11) is 0. The van der Waals surface area contributed by atoms with Crippen molar-refractivity contribution in [2.24, 2.45) is 0 Å². The number of hydrogen-bond donors (Lipinski definition) is 2. The third kappa shape index (κ3) is 5.37. The number of benzene rings is 1. The van der Waals surface area contributed by atoms with Gasteiger partial charge in [0.2, 0.25) is 0 Å². The first-order valence-electron chi connectivity index (χ1n) is 13.1. The van der Waals surface area contributed by atoms with Crippen LogP contribution in [0.3, 0.4) is 0 Å². The number of H-pyrrole nitrogens is 1. The molecule has 1 amide bonds. The minimum atomic E-state index is -2.63. The molecule has 2 fully saturated rings. The van der Waals surface area contributed by atoms with Crippen LogP contribution in [0.1, 0.15) is 41.0 Å². The lowest BCUT2D eigenvalue weighted by molar-refractivity contribution is 0.0115. The predicted molar refractivity (Wildman–Crippen MR) is 146 cm³/mol. The summed E-state index contributed by atoms with van der Waals surface area (Å²) < 4.78 is 27.2. The second-order valence-corrected chi connectivity index (χ2v) is 10.3. The number of aromatic amines is 1. The predicted octanol–water partition coefficient (Wildman–Crippen LogP) is 5.18. The van der Waals surface area contributed by atoms with Crippen molar-refractivity contribution in [1.29, 1.82) is 0 Å². The number of amides is 1. The molecule has 2 saturated heterocycles. The smallest absolute Gasteiger partial charge is 0.276 e. The number of nitrogens with one attached hydrogen (secondary N) is 2. The lowest BCUT2D eigenvalue weighted by Gasteiger charge is -2.19. The summed E-state index contributed by atoms with van der Waals surface area (Å²) in [6.07, 6.45) is 7.27. The second-order valence-electron chi connectivity index (χ2n) is 10.3. The van der Waals surface area contributed by atoms with E-state index in [4.69, 9.17) is 0 Å². The minimum Gasteiger partial charge on any atom is -0.370 e. The Morgan fingerprint density at radius 3 is 2.64 bits per heavy atom. The first-order valence-corrected chi connectivity index (χ1v) is 13.1. The van der Waals surface area contributed by atoms with Gasteiger partial charge in [0, 0.05) is 55.9 Å². The lowest BCUT2D eigenvalue weighted by atomic mass is 10.0. The van der Waals surface area contributed by atoms with E-state index in [0.717, 1.165) is 59.5 Å². The lowest BCUT2D eigenvalue weighted by Crippen LogP contribution is -2.24. The van der Waals surface area contributed by atoms with Gasteiger partial charge in [-0.25, -0.2) is 8.78 Å². The highest BCUT2D eigenvalue weighted by Crippen LogP contribution is 2.30. The topological polar surface area (TPSA) is 90.0 Å². The van der Waals surface area contributed by atoms with Gasteiger partial charge in [-0.15, -0.1) is 0 Å². The number of pyridine rings is 2. The molecule has 0 aliphatic carbocycles. The molecule has 1 aromatic carbocycles. The fourth-order valence-electron chi connectivity index (χ4n) is 5.28. The van der Waals surface area contributed by atoms with Crippen LogP contribution in [0.4, 0.5) is 14.5 Å². The molecule has 0 atom stereocenters. The molecule has 5 heterocycles. The monoisotopic (exact) mass is 529 g/mol. The number of aromatic nitrogens is 4. The second kappa shape index (κ2) is 10.2. The van der Waals surface area contributed by atoms with Crippen LogP contribution < -0.4 is 5.32 Å². The number of carbonyl (C=O) groups is 1. The maximum absolute atomic E-state index is 13.6. The number of rotatable bonds is 7. The third-order valence-corrected chi connectivity index (χ3v) is 7.37. The van der Waals surface area contributed by atoms with Crippen LogP contribution in [0.15, 0.2) is 61.6 Å². The van der Waals surface area contributed by atoms with Gasteiger partial charge in [-0.3, -0.25) is 24.8 Å². The Labute approximate surface area is 224 Å². The zero-order valence-corrected chi connectivity index (χ0v) is 21.5. The van der Waals surface area contributed by atoms with Crippen molar-refractivity contribution in [3.8, 4) is 11.1 Å². The van der Waals surface area contributed by atoms with Crippen molar-refractivity contribution in [2.45, 2.75) is 31.7 Å². The maximum atomic E-state index is 13.6. The molecule has 2 aliphatic rings.